The molecule has 7 nitrogen and oxygen atoms in total. The molecule has 2 aromatic heterocycles. The van der Waals surface area contributed by atoms with Gasteiger partial charge < -0.3 is 9.09 Å². The topological polar surface area (TPSA) is 67.4 Å². The number of piperazine rings is 1. The highest BCUT2D eigenvalue weighted by Gasteiger charge is 2.19. The monoisotopic (exact) mass is 303 g/mol. The van der Waals surface area contributed by atoms with E-state index >= 15 is 0 Å². The van der Waals surface area contributed by atoms with E-state index < -0.39 is 0 Å². The molecule has 0 atom stereocenters. The fourth-order valence-electron chi connectivity index (χ4n) is 2.65. The van der Waals surface area contributed by atoms with E-state index in [0.29, 0.717) is 18.3 Å². The van der Waals surface area contributed by atoms with Crippen molar-refractivity contribution in [3.05, 3.63) is 46.0 Å². The Morgan fingerprint density at radius 1 is 1.18 bits per heavy atom. The zero-order chi connectivity index (χ0) is 15.5. The zero-order valence-corrected chi connectivity index (χ0v) is 13.0. The van der Waals surface area contributed by atoms with Crippen LogP contribution in [0.5, 0.6) is 0 Å². The van der Waals surface area contributed by atoms with Gasteiger partial charge in [-0.25, -0.2) is 0 Å². The van der Waals surface area contributed by atoms with Crippen LogP contribution < -0.4 is 5.56 Å². The molecule has 0 spiro atoms. The molecule has 3 rings (SSSR count). The summed E-state index contributed by atoms with van der Waals surface area (Å²) in [6.45, 7) is 7.24. The van der Waals surface area contributed by atoms with Crippen LogP contribution in [0.4, 0.5) is 0 Å². The van der Waals surface area contributed by atoms with Crippen molar-refractivity contribution in [1.82, 2.24) is 24.5 Å². The van der Waals surface area contributed by atoms with Crippen LogP contribution in [-0.2, 0) is 20.1 Å². The maximum absolute atomic E-state index is 11.7. The molecule has 1 aliphatic heterocycles. The maximum atomic E-state index is 11.7. The molecule has 2 aromatic rings. The van der Waals surface area contributed by atoms with Crippen molar-refractivity contribution < 1.29 is 4.52 Å². The van der Waals surface area contributed by atoms with Crippen LogP contribution in [0.1, 0.15) is 17.3 Å². The van der Waals surface area contributed by atoms with Gasteiger partial charge in [-0.05, 0) is 18.6 Å². The number of aromatic nitrogens is 3. The number of hydrogen-bond acceptors (Lipinski definition) is 6. The Balaban J connectivity index is 1.51. The van der Waals surface area contributed by atoms with E-state index in [1.54, 1.807) is 17.7 Å². The van der Waals surface area contributed by atoms with Crippen molar-refractivity contribution in [2.45, 2.75) is 20.0 Å². The molecule has 3 heterocycles. The Labute approximate surface area is 129 Å². The van der Waals surface area contributed by atoms with Crippen molar-refractivity contribution in [2.75, 3.05) is 26.2 Å². The summed E-state index contributed by atoms with van der Waals surface area (Å²) in [7, 11) is 1.77. The van der Waals surface area contributed by atoms with Crippen LogP contribution in [0.25, 0.3) is 0 Å². The largest absolute Gasteiger partial charge is 0.338 e. The minimum absolute atomic E-state index is 0.0444. The number of rotatable bonds is 4. The van der Waals surface area contributed by atoms with Gasteiger partial charge in [-0.1, -0.05) is 5.16 Å². The van der Waals surface area contributed by atoms with E-state index in [9.17, 15) is 4.79 Å². The molecule has 0 saturated carbocycles. The lowest BCUT2D eigenvalue weighted by atomic mass is 10.2. The molecule has 0 N–H and O–H groups in total. The minimum atomic E-state index is 0.0444. The SMILES string of the molecule is Cc1noc(CN2CCN(Cc3ccn(C)c(=O)c3)CC2)n1. The highest BCUT2D eigenvalue weighted by atomic mass is 16.5. The van der Waals surface area contributed by atoms with Gasteiger partial charge in [-0.15, -0.1) is 0 Å². The lowest BCUT2D eigenvalue weighted by Crippen LogP contribution is -2.45. The van der Waals surface area contributed by atoms with Crippen molar-refractivity contribution in [3.8, 4) is 0 Å². The summed E-state index contributed by atoms with van der Waals surface area (Å²) < 4.78 is 6.75. The molecule has 118 valence electrons. The van der Waals surface area contributed by atoms with E-state index in [2.05, 4.69) is 19.9 Å². The van der Waals surface area contributed by atoms with Gasteiger partial charge in [0.2, 0.25) is 5.89 Å². The normalized spacial score (nSPS) is 17.0. The molecule has 0 amide bonds. The van der Waals surface area contributed by atoms with Gasteiger partial charge in [0, 0.05) is 52.0 Å². The molecule has 1 aliphatic rings. The molecule has 0 aliphatic carbocycles. The molecule has 0 unspecified atom stereocenters. The first-order chi connectivity index (χ1) is 10.6. The van der Waals surface area contributed by atoms with Gasteiger partial charge in [0.25, 0.3) is 5.56 Å². The van der Waals surface area contributed by atoms with E-state index in [-0.39, 0.29) is 5.56 Å². The summed E-state index contributed by atoms with van der Waals surface area (Å²) in [5, 5.41) is 3.81. The second kappa shape index (κ2) is 6.41. The summed E-state index contributed by atoms with van der Waals surface area (Å²) >= 11 is 0. The smallest absolute Gasteiger partial charge is 0.250 e. The Kier molecular flexibility index (Phi) is 4.35. The van der Waals surface area contributed by atoms with Crippen LogP contribution in [0.3, 0.4) is 0 Å². The average Bonchev–Trinajstić information content (AvgIpc) is 2.90. The predicted molar refractivity (Wildman–Crippen MR) is 81.3 cm³/mol. The fraction of sp³-hybridized carbons (Fsp3) is 0.533. The van der Waals surface area contributed by atoms with Crippen LogP contribution in [0, 0.1) is 6.92 Å². The Morgan fingerprint density at radius 3 is 2.45 bits per heavy atom. The fourth-order valence-corrected chi connectivity index (χ4v) is 2.65. The van der Waals surface area contributed by atoms with Gasteiger partial charge in [-0.3, -0.25) is 14.6 Å². The molecule has 1 fully saturated rings. The molecular formula is C15H21N5O2. The van der Waals surface area contributed by atoms with Gasteiger partial charge in [-0.2, -0.15) is 4.98 Å². The van der Waals surface area contributed by atoms with Crippen LogP contribution in [0.15, 0.2) is 27.6 Å². The summed E-state index contributed by atoms with van der Waals surface area (Å²) in [5.41, 5.74) is 1.12. The lowest BCUT2D eigenvalue weighted by molar-refractivity contribution is 0.112. The predicted octanol–water partition coefficient (Wildman–Crippen LogP) is 0.395. The average molecular weight is 303 g/mol. The third-order valence-electron chi connectivity index (χ3n) is 3.97. The molecule has 22 heavy (non-hydrogen) atoms. The van der Waals surface area contributed by atoms with Crippen molar-refractivity contribution >= 4 is 0 Å². The standard InChI is InChI=1S/C15H21N5O2/c1-12-16-14(22-17-12)11-20-7-5-19(6-8-20)10-13-3-4-18(2)15(21)9-13/h3-4,9H,5-8,10-11H2,1-2H3. The van der Waals surface area contributed by atoms with Crippen molar-refractivity contribution in [3.63, 3.8) is 0 Å². The Morgan fingerprint density at radius 2 is 1.86 bits per heavy atom. The molecule has 0 bridgehead atoms. The third-order valence-corrected chi connectivity index (χ3v) is 3.97. The summed E-state index contributed by atoms with van der Waals surface area (Å²) in [6.07, 6.45) is 1.83. The van der Waals surface area contributed by atoms with Gasteiger partial charge in [0.15, 0.2) is 5.82 Å². The quantitative estimate of drug-likeness (QED) is 0.814. The second-order valence-corrected chi connectivity index (χ2v) is 5.77. The first-order valence-corrected chi connectivity index (χ1v) is 7.49. The van der Waals surface area contributed by atoms with Crippen LogP contribution in [-0.4, -0.2) is 50.7 Å². The first-order valence-electron chi connectivity index (χ1n) is 7.49. The number of nitrogens with zero attached hydrogens (tertiary/aromatic N) is 5. The molecule has 7 heteroatoms. The van der Waals surface area contributed by atoms with Gasteiger partial charge >= 0.3 is 0 Å². The first kappa shape index (κ1) is 14.9. The Hall–Kier alpha value is -1.99. The molecule has 1 saturated heterocycles. The summed E-state index contributed by atoms with van der Waals surface area (Å²) in [6, 6.07) is 3.72. The van der Waals surface area contributed by atoms with Gasteiger partial charge in [0.1, 0.15) is 0 Å². The highest BCUT2D eigenvalue weighted by molar-refractivity contribution is 5.10. The molecule has 0 aromatic carbocycles. The van der Waals surface area contributed by atoms with E-state index in [0.717, 1.165) is 38.3 Å². The zero-order valence-electron chi connectivity index (χ0n) is 13.0. The van der Waals surface area contributed by atoms with Crippen molar-refractivity contribution in [2.24, 2.45) is 7.05 Å². The number of pyridine rings is 1. The Bertz CT molecular complexity index is 685. The van der Waals surface area contributed by atoms with Crippen molar-refractivity contribution in [1.29, 1.82) is 0 Å². The van der Waals surface area contributed by atoms with Crippen LogP contribution >= 0.6 is 0 Å². The van der Waals surface area contributed by atoms with E-state index in [1.165, 1.54) is 0 Å². The maximum Gasteiger partial charge on any atom is 0.250 e. The molecular weight excluding hydrogens is 282 g/mol. The second-order valence-electron chi connectivity index (χ2n) is 5.77. The summed E-state index contributed by atoms with van der Waals surface area (Å²) in [5.74, 6) is 1.36. The van der Waals surface area contributed by atoms with E-state index in [1.807, 2.05) is 19.2 Å². The van der Waals surface area contributed by atoms with Crippen LogP contribution in [0.2, 0.25) is 0 Å². The number of aryl methyl sites for hydroxylation is 2. The minimum Gasteiger partial charge on any atom is -0.338 e. The third kappa shape index (κ3) is 3.61. The molecule has 0 radical (unpaired) electrons. The van der Waals surface area contributed by atoms with Gasteiger partial charge in [0.05, 0.1) is 6.54 Å². The lowest BCUT2D eigenvalue weighted by Gasteiger charge is -2.33. The summed E-state index contributed by atoms with van der Waals surface area (Å²) in [4.78, 5) is 20.6. The van der Waals surface area contributed by atoms with E-state index in [4.69, 9.17) is 4.52 Å². The highest BCUT2D eigenvalue weighted by Crippen LogP contribution is 2.10. The number of hydrogen-bond donors (Lipinski definition) is 0.